The van der Waals surface area contributed by atoms with E-state index in [1.807, 2.05) is 24.6 Å². The van der Waals surface area contributed by atoms with E-state index in [0.717, 1.165) is 32.4 Å². The lowest BCUT2D eigenvalue weighted by Gasteiger charge is -1.99. The van der Waals surface area contributed by atoms with Crippen molar-refractivity contribution in [1.82, 2.24) is 14.8 Å². The van der Waals surface area contributed by atoms with Gasteiger partial charge in [0.15, 0.2) is 0 Å². The van der Waals surface area contributed by atoms with Crippen molar-refractivity contribution in [2.75, 3.05) is 0 Å². The van der Waals surface area contributed by atoms with Crippen molar-refractivity contribution in [3.05, 3.63) is 21.2 Å². The molecule has 4 nitrogen and oxygen atoms in total. The number of hydrogen-bond donors (Lipinski definition) is 1. The summed E-state index contributed by atoms with van der Waals surface area (Å²) in [6.07, 6.45) is 0. The standard InChI is InChI=1S/C10H12BrN3OS/c1-3-14-7(4-6(2)13-14)10-12-9(11)8(5-15)16-10/h4,15H,3,5H2,1-2H3. The third kappa shape index (κ3) is 2.05. The van der Waals surface area contributed by atoms with Crippen LogP contribution < -0.4 is 0 Å². The molecule has 0 spiro atoms. The summed E-state index contributed by atoms with van der Waals surface area (Å²) in [4.78, 5) is 5.23. The molecule has 2 aromatic rings. The van der Waals surface area contributed by atoms with Crippen LogP contribution in [0.4, 0.5) is 0 Å². The quantitative estimate of drug-likeness (QED) is 0.948. The zero-order valence-corrected chi connectivity index (χ0v) is 11.5. The van der Waals surface area contributed by atoms with Crippen LogP contribution in [0.15, 0.2) is 10.7 Å². The molecular weight excluding hydrogens is 290 g/mol. The summed E-state index contributed by atoms with van der Waals surface area (Å²) >= 11 is 4.82. The molecule has 0 aliphatic rings. The smallest absolute Gasteiger partial charge is 0.143 e. The fraction of sp³-hybridized carbons (Fsp3) is 0.400. The van der Waals surface area contributed by atoms with Gasteiger partial charge in [-0.25, -0.2) is 4.98 Å². The minimum atomic E-state index is 0.0114. The number of hydrogen-bond acceptors (Lipinski definition) is 4. The van der Waals surface area contributed by atoms with Crippen LogP contribution >= 0.6 is 27.3 Å². The maximum absolute atomic E-state index is 9.13. The molecule has 16 heavy (non-hydrogen) atoms. The van der Waals surface area contributed by atoms with Gasteiger partial charge in [0.2, 0.25) is 0 Å². The lowest BCUT2D eigenvalue weighted by Crippen LogP contribution is -1.98. The van der Waals surface area contributed by atoms with Gasteiger partial charge in [-0.1, -0.05) is 0 Å². The number of aromatic nitrogens is 3. The molecule has 0 radical (unpaired) electrons. The molecule has 0 bridgehead atoms. The Bertz CT molecular complexity index is 506. The third-order valence-corrected chi connectivity index (χ3v) is 4.20. The van der Waals surface area contributed by atoms with Crippen molar-refractivity contribution in [1.29, 1.82) is 0 Å². The maximum atomic E-state index is 9.13. The third-order valence-electron chi connectivity index (χ3n) is 2.21. The van der Waals surface area contributed by atoms with Gasteiger partial charge < -0.3 is 5.11 Å². The van der Waals surface area contributed by atoms with E-state index in [1.54, 1.807) is 0 Å². The predicted octanol–water partition coefficient (Wildman–Crippen LogP) is 2.59. The molecule has 2 heterocycles. The molecule has 0 saturated carbocycles. The Balaban J connectivity index is 2.49. The molecule has 1 N–H and O–H groups in total. The average Bonchev–Trinajstić information content (AvgIpc) is 2.81. The summed E-state index contributed by atoms with van der Waals surface area (Å²) < 4.78 is 2.64. The Hall–Kier alpha value is -0.720. The van der Waals surface area contributed by atoms with E-state index in [2.05, 4.69) is 26.0 Å². The van der Waals surface area contributed by atoms with Gasteiger partial charge in [0, 0.05) is 6.54 Å². The molecule has 0 atom stereocenters. The highest BCUT2D eigenvalue weighted by Gasteiger charge is 2.14. The average molecular weight is 302 g/mol. The van der Waals surface area contributed by atoms with E-state index in [0.29, 0.717) is 0 Å². The van der Waals surface area contributed by atoms with Crippen molar-refractivity contribution >= 4 is 27.3 Å². The molecule has 86 valence electrons. The fourth-order valence-corrected chi connectivity index (χ4v) is 3.00. The summed E-state index contributed by atoms with van der Waals surface area (Å²) in [5, 5.41) is 14.4. The molecule has 2 aromatic heterocycles. The van der Waals surface area contributed by atoms with Gasteiger partial charge >= 0.3 is 0 Å². The number of aryl methyl sites for hydroxylation is 2. The molecule has 0 unspecified atom stereocenters. The van der Waals surface area contributed by atoms with E-state index in [-0.39, 0.29) is 6.61 Å². The molecule has 0 aliphatic heterocycles. The van der Waals surface area contributed by atoms with Crippen LogP contribution in [-0.2, 0) is 13.2 Å². The second kappa shape index (κ2) is 4.65. The summed E-state index contributed by atoms with van der Waals surface area (Å²) in [5.41, 5.74) is 1.99. The first-order valence-electron chi connectivity index (χ1n) is 4.96. The van der Waals surface area contributed by atoms with Crippen LogP contribution in [0.5, 0.6) is 0 Å². The highest BCUT2D eigenvalue weighted by Crippen LogP contribution is 2.31. The Morgan fingerprint density at radius 1 is 1.56 bits per heavy atom. The maximum Gasteiger partial charge on any atom is 0.143 e. The van der Waals surface area contributed by atoms with E-state index in [9.17, 15) is 0 Å². The first kappa shape index (κ1) is 11.8. The van der Waals surface area contributed by atoms with Crippen molar-refractivity contribution in [3.8, 4) is 10.7 Å². The van der Waals surface area contributed by atoms with Crippen molar-refractivity contribution in [3.63, 3.8) is 0 Å². The lowest BCUT2D eigenvalue weighted by atomic mass is 10.4. The van der Waals surface area contributed by atoms with E-state index in [1.165, 1.54) is 11.3 Å². The molecule has 0 aromatic carbocycles. The first-order chi connectivity index (χ1) is 7.65. The fourth-order valence-electron chi connectivity index (χ4n) is 1.50. The van der Waals surface area contributed by atoms with Crippen LogP contribution in [0.3, 0.4) is 0 Å². The molecular formula is C10H12BrN3OS. The van der Waals surface area contributed by atoms with E-state index >= 15 is 0 Å². The van der Waals surface area contributed by atoms with Crippen LogP contribution in [0.1, 0.15) is 17.5 Å². The number of halogens is 1. The molecule has 2 rings (SSSR count). The summed E-state index contributed by atoms with van der Waals surface area (Å²) in [6, 6.07) is 2.01. The van der Waals surface area contributed by atoms with Gasteiger partial charge in [-0.3, -0.25) is 4.68 Å². The normalized spacial score (nSPS) is 11.0. The first-order valence-corrected chi connectivity index (χ1v) is 6.57. The Morgan fingerprint density at radius 2 is 2.31 bits per heavy atom. The summed E-state index contributed by atoms with van der Waals surface area (Å²) in [7, 11) is 0. The minimum absolute atomic E-state index is 0.0114. The predicted molar refractivity (Wildman–Crippen MR) is 67.4 cm³/mol. The van der Waals surface area contributed by atoms with Gasteiger partial charge in [0.1, 0.15) is 9.61 Å². The molecule has 0 aliphatic carbocycles. The number of thiazole rings is 1. The Kier molecular flexibility index (Phi) is 3.41. The van der Waals surface area contributed by atoms with Gasteiger partial charge in [0.05, 0.1) is 22.9 Å². The zero-order chi connectivity index (χ0) is 11.7. The van der Waals surface area contributed by atoms with Crippen molar-refractivity contribution in [2.45, 2.75) is 27.0 Å². The molecule has 0 amide bonds. The largest absolute Gasteiger partial charge is 0.391 e. The van der Waals surface area contributed by atoms with Gasteiger partial charge in [-0.05, 0) is 35.8 Å². The van der Waals surface area contributed by atoms with Crippen LogP contribution in [0, 0.1) is 6.92 Å². The Labute approximate surface area is 106 Å². The highest BCUT2D eigenvalue weighted by molar-refractivity contribution is 9.10. The summed E-state index contributed by atoms with van der Waals surface area (Å²) in [5.74, 6) is 0. The second-order valence-corrected chi connectivity index (χ2v) is 5.21. The van der Waals surface area contributed by atoms with Gasteiger partial charge in [-0.15, -0.1) is 11.3 Å². The molecule has 0 saturated heterocycles. The second-order valence-electron chi connectivity index (χ2n) is 3.38. The SMILES string of the molecule is CCn1nc(C)cc1-c1nc(Br)c(CO)s1. The van der Waals surface area contributed by atoms with Crippen LogP contribution in [0.25, 0.3) is 10.7 Å². The number of aliphatic hydroxyl groups excluding tert-OH is 1. The lowest BCUT2D eigenvalue weighted by molar-refractivity contribution is 0.284. The zero-order valence-electron chi connectivity index (χ0n) is 9.07. The van der Waals surface area contributed by atoms with Crippen LogP contribution in [-0.4, -0.2) is 19.9 Å². The molecule has 6 heteroatoms. The van der Waals surface area contributed by atoms with Crippen molar-refractivity contribution in [2.24, 2.45) is 0 Å². The molecule has 0 fully saturated rings. The van der Waals surface area contributed by atoms with Gasteiger partial charge in [0.25, 0.3) is 0 Å². The number of aliphatic hydroxyl groups is 1. The van der Waals surface area contributed by atoms with E-state index in [4.69, 9.17) is 5.11 Å². The number of rotatable bonds is 3. The topological polar surface area (TPSA) is 50.9 Å². The monoisotopic (exact) mass is 301 g/mol. The number of nitrogens with zero attached hydrogens (tertiary/aromatic N) is 3. The van der Waals surface area contributed by atoms with Gasteiger partial charge in [-0.2, -0.15) is 5.10 Å². The minimum Gasteiger partial charge on any atom is -0.391 e. The van der Waals surface area contributed by atoms with E-state index < -0.39 is 0 Å². The highest BCUT2D eigenvalue weighted by atomic mass is 79.9. The van der Waals surface area contributed by atoms with Crippen LogP contribution in [0.2, 0.25) is 0 Å². The van der Waals surface area contributed by atoms with Crippen molar-refractivity contribution < 1.29 is 5.11 Å². The summed E-state index contributed by atoms with van der Waals surface area (Å²) in [6.45, 7) is 4.84. The Morgan fingerprint density at radius 3 is 2.88 bits per heavy atom.